The van der Waals surface area contributed by atoms with Crippen molar-refractivity contribution in [1.29, 1.82) is 0 Å². The average molecular weight is 473 g/mol. The van der Waals surface area contributed by atoms with Gasteiger partial charge in [0.25, 0.3) is 0 Å². The van der Waals surface area contributed by atoms with Crippen LogP contribution in [0.25, 0.3) is 10.9 Å². The van der Waals surface area contributed by atoms with Gasteiger partial charge in [0.1, 0.15) is 5.01 Å². The molecule has 0 aliphatic heterocycles. The van der Waals surface area contributed by atoms with Crippen molar-refractivity contribution in [1.82, 2.24) is 14.8 Å². The Morgan fingerprint density at radius 1 is 1.18 bits per heavy atom. The third-order valence-corrected chi connectivity index (χ3v) is 6.47. The Balaban J connectivity index is 1.50. The van der Waals surface area contributed by atoms with E-state index < -0.39 is 0 Å². The van der Waals surface area contributed by atoms with E-state index in [4.69, 9.17) is 0 Å². The molecule has 0 saturated heterocycles. The van der Waals surface area contributed by atoms with Gasteiger partial charge < -0.3 is 4.57 Å². The number of nitrogens with one attached hydrogen (secondary N) is 1. The molecular formula is C20H17BrN4OS2. The molecule has 0 fully saturated rings. The molecule has 4 aromatic rings. The molecule has 0 aliphatic carbocycles. The summed E-state index contributed by atoms with van der Waals surface area (Å²) in [6.07, 6.45) is 2.12. The number of nitrogens with zero attached hydrogens (tertiary/aromatic N) is 3. The van der Waals surface area contributed by atoms with Crippen LogP contribution in [0.2, 0.25) is 0 Å². The van der Waals surface area contributed by atoms with Crippen molar-refractivity contribution in [3.8, 4) is 0 Å². The highest BCUT2D eigenvalue weighted by Crippen LogP contribution is 2.31. The number of aromatic nitrogens is 3. The lowest BCUT2D eigenvalue weighted by atomic mass is 10.2. The van der Waals surface area contributed by atoms with E-state index in [1.807, 2.05) is 19.1 Å². The number of thioether (sulfide) groups is 1. The Kier molecular flexibility index (Phi) is 5.79. The minimum Gasteiger partial charge on any atom is -0.342 e. The molecule has 0 bridgehead atoms. The zero-order valence-electron chi connectivity index (χ0n) is 15.1. The quantitative estimate of drug-likeness (QED) is 0.384. The van der Waals surface area contributed by atoms with E-state index in [1.165, 1.54) is 28.7 Å². The Morgan fingerprint density at radius 2 is 1.96 bits per heavy atom. The Morgan fingerprint density at radius 3 is 2.71 bits per heavy atom. The molecule has 1 amide bonds. The molecule has 142 valence electrons. The first-order valence-corrected chi connectivity index (χ1v) is 11.2. The van der Waals surface area contributed by atoms with Crippen LogP contribution in [0.1, 0.15) is 10.6 Å². The molecule has 28 heavy (non-hydrogen) atoms. The van der Waals surface area contributed by atoms with Crippen molar-refractivity contribution < 1.29 is 4.79 Å². The average Bonchev–Trinajstić information content (AvgIpc) is 3.25. The number of halogens is 1. The Labute approximate surface area is 179 Å². The highest BCUT2D eigenvalue weighted by atomic mass is 79.9. The number of amides is 1. The van der Waals surface area contributed by atoms with E-state index in [-0.39, 0.29) is 5.91 Å². The highest BCUT2D eigenvalue weighted by molar-refractivity contribution is 9.10. The molecule has 0 atom stereocenters. The van der Waals surface area contributed by atoms with Gasteiger partial charge in [0.15, 0.2) is 0 Å². The van der Waals surface area contributed by atoms with Crippen molar-refractivity contribution in [2.24, 2.45) is 0 Å². The first-order chi connectivity index (χ1) is 13.6. The SMILES string of the molecule is Cc1nnc(NC(=O)CSc2cn(Cc3ccc(Br)cc3)c3ccccc23)s1. The van der Waals surface area contributed by atoms with Crippen molar-refractivity contribution in [3.63, 3.8) is 0 Å². The molecular weight excluding hydrogens is 456 g/mol. The van der Waals surface area contributed by atoms with E-state index in [9.17, 15) is 4.79 Å². The van der Waals surface area contributed by atoms with Crippen LogP contribution in [0, 0.1) is 6.92 Å². The number of fused-ring (bicyclic) bond motifs is 1. The summed E-state index contributed by atoms with van der Waals surface area (Å²) in [6, 6.07) is 16.6. The topological polar surface area (TPSA) is 59.8 Å². The summed E-state index contributed by atoms with van der Waals surface area (Å²) in [6.45, 7) is 2.65. The van der Waals surface area contributed by atoms with E-state index in [1.54, 1.807) is 0 Å². The lowest BCUT2D eigenvalue weighted by Gasteiger charge is -2.05. The van der Waals surface area contributed by atoms with Gasteiger partial charge in [0, 0.05) is 33.0 Å². The second kappa shape index (κ2) is 8.46. The summed E-state index contributed by atoms with van der Waals surface area (Å²) in [4.78, 5) is 13.4. The third-order valence-electron chi connectivity index (χ3n) is 4.15. The maximum absolute atomic E-state index is 12.3. The normalized spacial score (nSPS) is 11.1. The molecule has 0 radical (unpaired) electrons. The molecule has 2 heterocycles. The lowest BCUT2D eigenvalue weighted by molar-refractivity contribution is -0.113. The zero-order valence-corrected chi connectivity index (χ0v) is 18.3. The minimum absolute atomic E-state index is 0.0779. The molecule has 0 aliphatic rings. The first-order valence-electron chi connectivity index (χ1n) is 8.63. The number of hydrogen-bond acceptors (Lipinski definition) is 5. The standard InChI is InChI=1S/C20H17BrN4OS2/c1-13-23-24-20(28-13)22-19(26)12-27-18-11-25(17-5-3-2-4-16(17)18)10-14-6-8-15(21)9-7-14/h2-9,11H,10,12H2,1H3,(H,22,24,26). The van der Waals surface area contributed by atoms with Gasteiger partial charge in [-0.15, -0.1) is 22.0 Å². The summed E-state index contributed by atoms with van der Waals surface area (Å²) >= 11 is 6.39. The first kappa shape index (κ1) is 19.2. The van der Waals surface area contributed by atoms with E-state index in [0.29, 0.717) is 10.9 Å². The number of hydrogen-bond donors (Lipinski definition) is 1. The van der Waals surface area contributed by atoms with Crippen molar-refractivity contribution in [2.45, 2.75) is 18.4 Å². The van der Waals surface area contributed by atoms with Crippen LogP contribution in [0.5, 0.6) is 0 Å². The fourth-order valence-electron chi connectivity index (χ4n) is 2.89. The number of carbonyl (C=O) groups excluding carboxylic acids is 1. The van der Waals surface area contributed by atoms with Crippen LogP contribution in [0.3, 0.4) is 0 Å². The predicted octanol–water partition coefficient (Wildman–Crippen LogP) is 5.34. The number of rotatable bonds is 6. The van der Waals surface area contributed by atoms with E-state index in [2.05, 4.69) is 78.6 Å². The number of benzene rings is 2. The van der Waals surface area contributed by atoms with Crippen LogP contribution in [0.4, 0.5) is 5.13 Å². The number of para-hydroxylation sites is 1. The van der Waals surface area contributed by atoms with Gasteiger partial charge in [0.2, 0.25) is 11.0 Å². The van der Waals surface area contributed by atoms with Gasteiger partial charge in [-0.2, -0.15) is 0 Å². The van der Waals surface area contributed by atoms with Crippen LogP contribution in [-0.2, 0) is 11.3 Å². The van der Waals surface area contributed by atoms with Gasteiger partial charge in [-0.1, -0.05) is 57.6 Å². The number of anilines is 1. The van der Waals surface area contributed by atoms with Crippen LogP contribution in [0.15, 0.2) is 64.1 Å². The summed E-state index contributed by atoms with van der Waals surface area (Å²) < 4.78 is 3.30. The van der Waals surface area contributed by atoms with E-state index >= 15 is 0 Å². The minimum atomic E-state index is -0.0779. The Hall–Kier alpha value is -2.16. The predicted molar refractivity (Wildman–Crippen MR) is 119 cm³/mol. The second-order valence-corrected chi connectivity index (χ2v) is 9.34. The smallest absolute Gasteiger partial charge is 0.236 e. The van der Waals surface area contributed by atoms with Crippen LogP contribution >= 0.6 is 39.0 Å². The highest BCUT2D eigenvalue weighted by Gasteiger charge is 2.12. The fraction of sp³-hybridized carbons (Fsp3) is 0.150. The summed E-state index contributed by atoms with van der Waals surface area (Å²) in [5, 5.41) is 13.2. The van der Waals surface area contributed by atoms with Gasteiger partial charge in [-0.25, -0.2) is 0 Å². The molecule has 2 aromatic heterocycles. The fourth-order valence-corrected chi connectivity index (χ4v) is 4.65. The molecule has 5 nitrogen and oxygen atoms in total. The van der Waals surface area contributed by atoms with Gasteiger partial charge >= 0.3 is 0 Å². The van der Waals surface area contributed by atoms with Crippen molar-refractivity contribution >= 4 is 61.0 Å². The summed E-state index contributed by atoms with van der Waals surface area (Å²) in [7, 11) is 0. The Bertz CT molecular complexity index is 1120. The maximum Gasteiger partial charge on any atom is 0.236 e. The largest absolute Gasteiger partial charge is 0.342 e. The van der Waals surface area contributed by atoms with E-state index in [0.717, 1.165) is 31.8 Å². The molecule has 0 saturated carbocycles. The van der Waals surface area contributed by atoms with Gasteiger partial charge in [-0.3, -0.25) is 10.1 Å². The van der Waals surface area contributed by atoms with Crippen molar-refractivity contribution in [3.05, 3.63) is 69.8 Å². The number of aryl methyl sites for hydroxylation is 1. The summed E-state index contributed by atoms with van der Waals surface area (Å²) in [5.74, 6) is 0.246. The van der Waals surface area contributed by atoms with Crippen molar-refractivity contribution in [2.75, 3.05) is 11.1 Å². The van der Waals surface area contributed by atoms with Crippen LogP contribution < -0.4 is 5.32 Å². The van der Waals surface area contributed by atoms with Crippen LogP contribution in [-0.4, -0.2) is 26.4 Å². The molecule has 0 spiro atoms. The molecule has 0 unspecified atom stereocenters. The monoisotopic (exact) mass is 472 g/mol. The second-order valence-electron chi connectivity index (χ2n) is 6.23. The number of carbonyl (C=O) groups is 1. The summed E-state index contributed by atoms with van der Waals surface area (Å²) in [5.41, 5.74) is 2.39. The molecule has 1 N–H and O–H groups in total. The third kappa shape index (κ3) is 4.45. The molecule has 2 aromatic carbocycles. The molecule has 4 rings (SSSR count). The zero-order chi connectivity index (χ0) is 19.5. The lowest BCUT2D eigenvalue weighted by Crippen LogP contribution is -2.13. The van der Waals surface area contributed by atoms with Gasteiger partial charge in [-0.05, 0) is 30.7 Å². The molecule has 8 heteroatoms. The maximum atomic E-state index is 12.3. The van der Waals surface area contributed by atoms with Gasteiger partial charge in [0.05, 0.1) is 5.75 Å².